The van der Waals surface area contributed by atoms with E-state index in [4.69, 9.17) is 5.11 Å². The van der Waals surface area contributed by atoms with E-state index < -0.39 is 29.0 Å². The molecule has 0 spiro atoms. The van der Waals surface area contributed by atoms with Gasteiger partial charge in [-0.1, -0.05) is 0 Å². The number of carboxylic acids is 1. The first-order valence-electron chi connectivity index (χ1n) is 5.45. The molecule has 0 atom stereocenters. The van der Waals surface area contributed by atoms with Crippen molar-refractivity contribution in [3.63, 3.8) is 0 Å². The molecule has 0 saturated heterocycles. The third kappa shape index (κ3) is 4.29. The summed E-state index contributed by atoms with van der Waals surface area (Å²) in [5.41, 5.74) is -1.16. The maximum atomic E-state index is 12.9. The van der Waals surface area contributed by atoms with Crippen molar-refractivity contribution in [1.29, 1.82) is 0 Å². The van der Waals surface area contributed by atoms with Crippen molar-refractivity contribution in [2.75, 3.05) is 11.9 Å². The second kappa shape index (κ2) is 5.75. The lowest BCUT2D eigenvalue weighted by molar-refractivity contribution is -0.143. The minimum Gasteiger partial charge on any atom is -0.480 e. The molecule has 19 heavy (non-hydrogen) atoms. The number of amides is 1. The first kappa shape index (κ1) is 15.0. The van der Waals surface area contributed by atoms with E-state index >= 15 is 0 Å². The van der Waals surface area contributed by atoms with Gasteiger partial charge < -0.3 is 10.4 Å². The normalized spacial score (nSPS) is 11.2. The lowest BCUT2D eigenvalue weighted by Crippen LogP contribution is -2.49. The number of carboxylic acid groups (broad SMARTS) is 1. The molecule has 0 aromatic heterocycles. The number of carbonyl (C=O) groups excluding carboxylic acids is 1. The Labute approximate surface area is 108 Å². The van der Waals surface area contributed by atoms with Crippen LogP contribution in [0.3, 0.4) is 0 Å². The van der Waals surface area contributed by atoms with Crippen molar-refractivity contribution in [2.45, 2.75) is 19.4 Å². The molecule has 0 unspecified atom stereocenters. The Morgan fingerprint density at radius 1 is 1.26 bits per heavy atom. The lowest BCUT2D eigenvalue weighted by Gasteiger charge is -2.20. The van der Waals surface area contributed by atoms with Crippen molar-refractivity contribution >= 4 is 17.6 Å². The highest BCUT2D eigenvalue weighted by molar-refractivity contribution is 5.92. The number of carbonyl (C=O) groups is 2. The van der Waals surface area contributed by atoms with Gasteiger partial charge in [0.2, 0.25) is 5.91 Å². The Kier molecular flexibility index (Phi) is 4.55. The third-order valence-corrected chi connectivity index (χ3v) is 2.43. The predicted octanol–water partition coefficient (Wildman–Crippen LogP) is 1.36. The summed E-state index contributed by atoms with van der Waals surface area (Å²) in [7, 11) is 0. The largest absolute Gasteiger partial charge is 0.480 e. The van der Waals surface area contributed by atoms with Gasteiger partial charge in [-0.15, -0.1) is 0 Å². The number of nitrogens with one attached hydrogen (secondary N) is 2. The molecule has 0 aliphatic rings. The van der Waals surface area contributed by atoms with E-state index in [0.29, 0.717) is 0 Å². The van der Waals surface area contributed by atoms with Crippen LogP contribution in [0.2, 0.25) is 0 Å². The zero-order chi connectivity index (χ0) is 14.6. The van der Waals surface area contributed by atoms with Gasteiger partial charge >= 0.3 is 5.97 Å². The van der Waals surface area contributed by atoms with Crippen molar-refractivity contribution in [2.24, 2.45) is 0 Å². The predicted molar refractivity (Wildman–Crippen MR) is 64.7 cm³/mol. The fourth-order valence-electron chi connectivity index (χ4n) is 1.16. The number of halogens is 2. The number of hydrogen-bond donors (Lipinski definition) is 3. The van der Waals surface area contributed by atoms with Gasteiger partial charge in [0.05, 0.1) is 6.54 Å². The van der Waals surface area contributed by atoms with Crippen LogP contribution in [-0.2, 0) is 9.59 Å². The number of aliphatic carboxylic acids is 1. The second-order valence-electron chi connectivity index (χ2n) is 4.46. The van der Waals surface area contributed by atoms with Crippen LogP contribution >= 0.6 is 0 Å². The summed E-state index contributed by atoms with van der Waals surface area (Å²) >= 11 is 0. The first-order valence-corrected chi connectivity index (χ1v) is 5.45. The molecule has 0 heterocycles. The number of benzene rings is 1. The maximum Gasteiger partial charge on any atom is 0.323 e. The fourth-order valence-corrected chi connectivity index (χ4v) is 1.16. The first-order chi connectivity index (χ1) is 8.72. The molecular formula is C12H14F2N2O3. The summed E-state index contributed by atoms with van der Waals surface area (Å²) in [5.74, 6) is -3.74. The second-order valence-corrected chi connectivity index (χ2v) is 4.46. The number of hydrogen-bond acceptors (Lipinski definition) is 3. The molecule has 3 N–H and O–H groups in total. The van der Waals surface area contributed by atoms with Crippen LogP contribution in [0.4, 0.5) is 14.5 Å². The van der Waals surface area contributed by atoms with Gasteiger partial charge in [0.25, 0.3) is 0 Å². The van der Waals surface area contributed by atoms with Gasteiger partial charge in [0.1, 0.15) is 5.54 Å². The molecule has 0 aliphatic carbocycles. The van der Waals surface area contributed by atoms with Gasteiger partial charge in [-0.2, -0.15) is 0 Å². The summed E-state index contributed by atoms with van der Waals surface area (Å²) in [6.45, 7) is 2.54. The van der Waals surface area contributed by atoms with Crippen molar-refractivity contribution in [3.8, 4) is 0 Å². The lowest BCUT2D eigenvalue weighted by atomic mass is 10.1. The fraction of sp³-hybridized carbons (Fsp3) is 0.333. The topological polar surface area (TPSA) is 78.4 Å². The summed E-state index contributed by atoms with van der Waals surface area (Å²) in [6.07, 6.45) is 0. The molecule has 0 aliphatic heterocycles. The van der Waals surface area contributed by atoms with Crippen LogP contribution in [0.5, 0.6) is 0 Å². The van der Waals surface area contributed by atoms with Crippen LogP contribution in [0.1, 0.15) is 13.8 Å². The molecule has 1 amide bonds. The number of anilines is 1. The van der Waals surface area contributed by atoms with Crippen LogP contribution in [-0.4, -0.2) is 29.1 Å². The smallest absolute Gasteiger partial charge is 0.323 e. The van der Waals surface area contributed by atoms with Crippen molar-refractivity contribution in [3.05, 3.63) is 29.8 Å². The highest BCUT2D eigenvalue weighted by atomic mass is 19.2. The minimum absolute atomic E-state index is 0.0961. The Morgan fingerprint density at radius 2 is 1.89 bits per heavy atom. The van der Waals surface area contributed by atoms with Gasteiger partial charge in [-0.05, 0) is 26.0 Å². The summed E-state index contributed by atoms with van der Waals surface area (Å²) in [6, 6.07) is 2.94. The maximum absolute atomic E-state index is 12.9. The van der Waals surface area contributed by atoms with E-state index in [0.717, 1.165) is 12.1 Å². The van der Waals surface area contributed by atoms with Crippen LogP contribution in [0.25, 0.3) is 0 Å². The number of rotatable bonds is 5. The van der Waals surface area contributed by atoms with Gasteiger partial charge in [-0.25, -0.2) is 8.78 Å². The molecule has 5 nitrogen and oxygen atoms in total. The van der Waals surface area contributed by atoms with E-state index in [1.54, 1.807) is 0 Å². The highest BCUT2D eigenvalue weighted by Gasteiger charge is 2.26. The molecule has 1 aromatic carbocycles. The summed E-state index contributed by atoms with van der Waals surface area (Å²) in [4.78, 5) is 22.3. The Hall–Kier alpha value is -2.02. The molecular weight excluding hydrogens is 258 g/mol. The van der Waals surface area contributed by atoms with Gasteiger partial charge in [0, 0.05) is 11.8 Å². The zero-order valence-corrected chi connectivity index (χ0v) is 10.5. The monoisotopic (exact) mass is 272 g/mol. The quantitative estimate of drug-likeness (QED) is 0.756. The van der Waals surface area contributed by atoms with Crippen LogP contribution in [0, 0.1) is 11.6 Å². The molecule has 1 rings (SSSR count). The summed E-state index contributed by atoms with van der Waals surface area (Å²) < 4.78 is 25.6. The minimum atomic E-state index is -1.26. The SMILES string of the molecule is CC(C)(NCC(=O)Nc1ccc(F)c(F)c1)C(=O)O. The molecule has 0 radical (unpaired) electrons. The third-order valence-electron chi connectivity index (χ3n) is 2.43. The van der Waals surface area contributed by atoms with E-state index in [9.17, 15) is 18.4 Å². The average molecular weight is 272 g/mol. The average Bonchev–Trinajstić information content (AvgIpc) is 2.31. The van der Waals surface area contributed by atoms with E-state index in [1.165, 1.54) is 19.9 Å². The van der Waals surface area contributed by atoms with Crippen molar-refractivity contribution in [1.82, 2.24) is 5.32 Å². The van der Waals surface area contributed by atoms with E-state index in [1.807, 2.05) is 0 Å². The van der Waals surface area contributed by atoms with Gasteiger partial charge in [0.15, 0.2) is 11.6 Å². The van der Waals surface area contributed by atoms with E-state index in [-0.39, 0.29) is 12.2 Å². The van der Waals surface area contributed by atoms with E-state index in [2.05, 4.69) is 10.6 Å². The molecule has 1 aromatic rings. The molecule has 0 saturated carbocycles. The molecule has 0 bridgehead atoms. The summed E-state index contributed by atoms with van der Waals surface area (Å²) in [5, 5.41) is 13.7. The molecule has 7 heteroatoms. The van der Waals surface area contributed by atoms with Gasteiger partial charge in [-0.3, -0.25) is 14.9 Å². The van der Waals surface area contributed by atoms with Crippen LogP contribution in [0.15, 0.2) is 18.2 Å². The Bertz CT molecular complexity index is 504. The Balaban J connectivity index is 2.56. The zero-order valence-electron chi connectivity index (χ0n) is 10.5. The standard InChI is InChI=1S/C12H14F2N2O3/c1-12(2,11(18)19)15-6-10(17)16-7-3-4-8(13)9(14)5-7/h3-5,15H,6H2,1-2H3,(H,16,17)(H,18,19). The highest BCUT2D eigenvalue weighted by Crippen LogP contribution is 2.12. The van der Waals surface area contributed by atoms with Crippen molar-refractivity contribution < 1.29 is 23.5 Å². The molecule has 104 valence electrons. The van der Waals surface area contributed by atoms with Crippen LogP contribution < -0.4 is 10.6 Å². The Morgan fingerprint density at radius 3 is 2.42 bits per heavy atom. The molecule has 0 fully saturated rings.